The molecule has 2 aromatic rings. The first-order valence-corrected chi connectivity index (χ1v) is 10.8. The van der Waals surface area contributed by atoms with Gasteiger partial charge in [0.25, 0.3) is 0 Å². The van der Waals surface area contributed by atoms with Gasteiger partial charge in [0, 0.05) is 13.7 Å². The highest BCUT2D eigenvalue weighted by Gasteiger charge is 2.10. The third kappa shape index (κ3) is 9.24. The molecule has 0 aliphatic heterocycles. The normalized spacial score (nSPS) is 13.8. The van der Waals surface area contributed by atoms with E-state index in [9.17, 15) is 10.2 Å². The SMILES string of the molecule is COCCN(CCCc1ccc2ccccc2c1)CCC[C@@H](O)CC[C@H](O)CO. The highest BCUT2D eigenvalue weighted by Crippen LogP contribution is 2.17. The van der Waals surface area contributed by atoms with Crippen LogP contribution in [0.4, 0.5) is 0 Å². The van der Waals surface area contributed by atoms with Crippen molar-refractivity contribution in [3.63, 3.8) is 0 Å². The Kier molecular flexibility index (Phi) is 11.2. The summed E-state index contributed by atoms with van der Waals surface area (Å²) in [6.45, 7) is 3.31. The van der Waals surface area contributed by atoms with Crippen molar-refractivity contribution in [2.75, 3.05) is 40.0 Å². The maximum atomic E-state index is 10.1. The third-order valence-corrected chi connectivity index (χ3v) is 5.42. The number of methoxy groups -OCH3 is 1. The van der Waals surface area contributed by atoms with Gasteiger partial charge < -0.3 is 25.0 Å². The fraction of sp³-hybridized carbons (Fsp3) is 0.583. The Balaban J connectivity index is 1.72. The van der Waals surface area contributed by atoms with Crippen LogP contribution in [-0.4, -0.2) is 72.4 Å². The van der Waals surface area contributed by atoms with Crippen LogP contribution in [0.5, 0.6) is 0 Å². The third-order valence-electron chi connectivity index (χ3n) is 5.42. The second-order valence-electron chi connectivity index (χ2n) is 7.83. The van der Waals surface area contributed by atoms with Crippen LogP contribution >= 0.6 is 0 Å². The Bertz CT molecular complexity index is 693. The fourth-order valence-electron chi connectivity index (χ4n) is 3.63. The van der Waals surface area contributed by atoms with E-state index in [1.807, 2.05) is 0 Å². The van der Waals surface area contributed by atoms with Gasteiger partial charge in [-0.05, 0) is 68.0 Å². The Morgan fingerprint density at radius 1 is 0.862 bits per heavy atom. The summed E-state index contributed by atoms with van der Waals surface area (Å²) < 4.78 is 5.25. The van der Waals surface area contributed by atoms with Gasteiger partial charge in [-0.2, -0.15) is 0 Å². The molecule has 0 fully saturated rings. The molecule has 0 aliphatic carbocycles. The number of aliphatic hydroxyl groups excluding tert-OH is 3. The Labute approximate surface area is 174 Å². The molecule has 2 aromatic carbocycles. The number of fused-ring (bicyclic) bond motifs is 1. The number of hydrogen-bond acceptors (Lipinski definition) is 5. The molecule has 2 rings (SSSR count). The zero-order chi connectivity index (χ0) is 20.9. The highest BCUT2D eigenvalue weighted by molar-refractivity contribution is 5.82. The van der Waals surface area contributed by atoms with E-state index in [2.05, 4.69) is 47.4 Å². The number of ether oxygens (including phenoxy) is 1. The summed E-state index contributed by atoms with van der Waals surface area (Å²) in [7, 11) is 1.73. The van der Waals surface area contributed by atoms with Crippen molar-refractivity contribution in [2.45, 2.75) is 50.7 Å². The van der Waals surface area contributed by atoms with Crippen molar-refractivity contribution >= 4 is 10.8 Å². The molecule has 0 spiro atoms. The quantitative estimate of drug-likeness (QED) is 0.426. The van der Waals surface area contributed by atoms with Crippen LogP contribution in [0, 0.1) is 0 Å². The molecule has 0 radical (unpaired) electrons. The number of aliphatic hydroxyl groups is 3. The van der Waals surface area contributed by atoms with Gasteiger partial charge in [0.1, 0.15) is 0 Å². The Morgan fingerprint density at radius 3 is 2.34 bits per heavy atom. The molecule has 2 atom stereocenters. The lowest BCUT2D eigenvalue weighted by Gasteiger charge is -2.23. The van der Waals surface area contributed by atoms with Crippen molar-refractivity contribution < 1.29 is 20.1 Å². The molecule has 29 heavy (non-hydrogen) atoms. The molecular formula is C24H37NO4. The van der Waals surface area contributed by atoms with Crippen LogP contribution in [0.1, 0.15) is 37.7 Å². The van der Waals surface area contributed by atoms with E-state index < -0.39 is 12.2 Å². The van der Waals surface area contributed by atoms with Crippen LogP contribution in [0.15, 0.2) is 42.5 Å². The van der Waals surface area contributed by atoms with Crippen LogP contribution < -0.4 is 0 Å². The molecular weight excluding hydrogens is 366 g/mol. The van der Waals surface area contributed by atoms with Gasteiger partial charge in [0.05, 0.1) is 25.4 Å². The standard InChI is InChI=1S/C24H37NO4/c1-29-17-16-25(15-5-9-23(27)12-13-24(28)19-26)14-4-6-20-10-11-21-7-2-3-8-22(21)18-20/h2-3,7-8,10-11,18,23-24,26-28H,4-6,9,12-17,19H2,1H3/t23-,24+/m1/s1. The van der Waals surface area contributed by atoms with Gasteiger partial charge in [-0.1, -0.05) is 42.5 Å². The van der Waals surface area contributed by atoms with E-state index in [1.165, 1.54) is 16.3 Å². The lowest BCUT2D eigenvalue weighted by Crippen LogP contribution is -2.30. The summed E-state index contributed by atoms with van der Waals surface area (Å²) in [6.07, 6.45) is 3.60. The average Bonchev–Trinajstić information content (AvgIpc) is 2.75. The van der Waals surface area contributed by atoms with Crippen LogP contribution in [0.2, 0.25) is 0 Å². The number of aryl methyl sites for hydroxylation is 1. The molecule has 0 aliphatic rings. The molecule has 0 amide bonds. The van der Waals surface area contributed by atoms with E-state index in [1.54, 1.807) is 7.11 Å². The maximum Gasteiger partial charge on any atom is 0.0771 e. The lowest BCUT2D eigenvalue weighted by molar-refractivity contribution is 0.0649. The summed E-state index contributed by atoms with van der Waals surface area (Å²) in [6, 6.07) is 15.2. The molecule has 0 saturated heterocycles. The van der Waals surface area contributed by atoms with E-state index >= 15 is 0 Å². The number of hydrogen-bond donors (Lipinski definition) is 3. The summed E-state index contributed by atoms with van der Waals surface area (Å²) in [5.41, 5.74) is 1.37. The van der Waals surface area contributed by atoms with Crippen LogP contribution in [0.25, 0.3) is 10.8 Å². The predicted octanol–water partition coefficient (Wildman–Crippen LogP) is 3.00. The number of benzene rings is 2. The molecule has 162 valence electrons. The topological polar surface area (TPSA) is 73.2 Å². The van der Waals surface area contributed by atoms with Crippen molar-refractivity contribution in [3.8, 4) is 0 Å². The summed E-state index contributed by atoms with van der Waals surface area (Å²) in [5, 5.41) is 30.9. The van der Waals surface area contributed by atoms with E-state index in [0.29, 0.717) is 25.9 Å². The second kappa shape index (κ2) is 13.7. The van der Waals surface area contributed by atoms with E-state index in [0.717, 1.165) is 38.9 Å². The second-order valence-corrected chi connectivity index (χ2v) is 7.83. The van der Waals surface area contributed by atoms with Gasteiger partial charge >= 0.3 is 0 Å². The average molecular weight is 404 g/mol. The molecule has 0 bridgehead atoms. The Hall–Kier alpha value is -1.50. The highest BCUT2D eigenvalue weighted by atomic mass is 16.5. The summed E-state index contributed by atoms with van der Waals surface area (Å²) in [5.74, 6) is 0. The molecule has 5 heteroatoms. The van der Waals surface area contributed by atoms with Gasteiger partial charge in [-0.15, -0.1) is 0 Å². The van der Waals surface area contributed by atoms with Crippen LogP contribution in [-0.2, 0) is 11.2 Å². The zero-order valence-corrected chi connectivity index (χ0v) is 17.7. The van der Waals surface area contributed by atoms with Gasteiger partial charge in [-0.25, -0.2) is 0 Å². The van der Waals surface area contributed by atoms with Crippen molar-refractivity contribution in [1.82, 2.24) is 4.90 Å². The van der Waals surface area contributed by atoms with Crippen molar-refractivity contribution in [3.05, 3.63) is 48.0 Å². The predicted molar refractivity (Wildman–Crippen MR) is 118 cm³/mol. The largest absolute Gasteiger partial charge is 0.394 e. The van der Waals surface area contributed by atoms with Gasteiger partial charge in [-0.3, -0.25) is 0 Å². The summed E-state index contributed by atoms with van der Waals surface area (Å²) in [4.78, 5) is 2.40. The molecule has 5 nitrogen and oxygen atoms in total. The molecule has 0 unspecified atom stereocenters. The van der Waals surface area contributed by atoms with Gasteiger partial charge in [0.15, 0.2) is 0 Å². The molecule has 3 N–H and O–H groups in total. The minimum absolute atomic E-state index is 0.241. The molecule has 0 saturated carbocycles. The smallest absolute Gasteiger partial charge is 0.0771 e. The first-order chi connectivity index (χ1) is 14.1. The van der Waals surface area contributed by atoms with E-state index in [4.69, 9.17) is 9.84 Å². The zero-order valence-electron chi connectivity index (χ0n) is 17.7. The lowest BCUT2D eigenvalue weighted by atomic mass is 10.0. The first kappa shape index (κ1) is 23.8. The monoisotopic (exact) mass is 403 g/mol. The molecule has 0 heterocycles. The maximum absolute atomic E-state index is 10.1. The summed E-state index contributed by atoms with van der Waals surface area (Å²) >= 11 is 0. The van der Waals surface area contributed by atoms with Crippen molar-refractivity contribution in [2.24, 2.45) is 0 Å². The number of nitrogens with zero attached hydrogens (tertiary/aromatic N) is 1. The van der Waals surface area contributed by atoms with Crippen molar-refractivity contribution in [1.29, 1.82) is 0 Å². The van der Waals surface area contributed by atoms with Crippen LogP contribution in [0.3, 0.4) is 0 Å². The van der Waals surface area contributed by atoms with Gasteiger partial charge in [0.2, 0.25) is 0 Å². The Morgan fingerprint density at radius 2 is 1.59 bits per heavy atom. The number of rotatable bonds is 15. The fourth-order valence-corrected chi connectivity index (χ4v) is 3.63. The minimum atomic E-state index is -0.724. The minimum Gasteiger partial charge on any atom is -0.394 e. The van der Waals surface area contributed by atoms with E-state index in [-0.39, 0.29) is 6.61 Å². The molecule has 0 aromatic heterocycles. The first-order valence-electron chi connectivity index (χ1n) is 10.8.